The van der Waals surface area contributed by atoms with Crippen LogP contribution in [0.15, 0.2) is 54.6 Å². The number of benzene rings is 1. The Balaban J connectivity index is 1.88. The fraction of sp³-hybridized carbons (Fsp3) is 0.588. The summed E-state index contributed by atoms with van der Waals surface area (Å²) in [6.07, 6.45) is 9.26. The summed E-state index contributed by atoms with van der Waals surface area (Å²) in [6, 6.07) is 8.67. The number of cyclic esters (lactones) is 1. The van der Waals surface area contributed by atoms with Gasteiger partial charge in [-0.05, 0) is 62.5 Å². The van der Waals surface area contributed by atoms with E-state index in [1.54, 1.807) is 31.2 Å². The maximum absolute atomic E-state index is 13.4. The van der Waals surface area contributed by atoms with Crippen LogP contribution in [-0.4, -0.2) is 74.2 Å². The zero-order chi connectivity index (χ0) is 31.6. The number of piperidine rings is 1. The number of carbonyl (C=O) groups is 4. The number of ether oxygens (including phenoxy) is 1. The fourth-order valence-corrected chi connectivity index (χ4v) is 5.81. The first kappa shape index (κ1) is 34.4. The normalized spacial score (nSPS) is 31.8. The van der Waals surface area contributed by atoms with Crippen molar-refractivity contribution in [2.75, 3.05) is 6.54 Å². The van der Waals surface area contributed by atoms with Crippen LogP contribution in [0.25, 0.3) is 0 Å². The largest absolute Gasteiger partial charge is 0.457 e. The number of amides is 1. The van der Waals surface area contributed by atoms with Gasteiger partial charge in [-0.3, -0.25) is 14.4 Å². The molecule has 236 valence electrons. The number of esters is 1. The van der Waals surface area contributed by atoms with Crippen molar-refractivity contribution in [1.82, 2.24) is 4.90 Å². The summed E-state index contributed by atoms with van der Waals surface area (Å²) in [4.78, 5) is 53.7. The average Bonchev–Trinajstić information content (AvgIpc) is 3.01. The van der Waals surface area contributed by atoms with Gasteiger partial charge in [0.25, 0.3) is 5.91 Å². The molecule has 6 atom stereocenters. The number of aliphatic hydroxyl groups excluding tert-OH is 1. The Bertz CT molecular complexity index is 1160. The summed E-state index contributed by atoms with van der Waals surface area (Å²) >= 11 is 0. The van der Waals surface area contributed by atoms with Crippen molar-refractivity contribution in [3.63, 3.8) is 0 Å². The molecule has 2 heterocycles. The van der Waals surface area contributed by atoms with Crippen molar-refractivity contribution in [2.24, 2.45) is 17.8 Å². The number of carbonyl (C=O) groups excluding carboxylic acids is 4. The van der Waals surface area contributed by atoms with E-state index in [-0.39, 0.29) is 37.5 Å². The molecule has 1 amide bonds. The number of aryl methyl sites for hydroxylation is 1. The zero-order valence-corrected chi connectivity index (χ0v) is 25.6. The Hall–Kier alpha value is -3.14. The molecule has 0 saturated carbocycles. The highest BCUT2D eigenvalue weighted by Gasteiger charge is 2.49. The fourth-order valence-electron chi connectivity index (χ4n) is 5.81. The van der Waals surface area contributed by atoms with E-state index in [9.17, 15) is 34.5 Å². The van der Waals surface area contributed by atoms with Crippen LogP contribution >= 0.6 is 0 Å². The minimum Gasteiger partial charge on any atom is -0.457 e. The SMILES string of the molecule is CC1CCCC(C)C(O)[C@H](C)C(=O)C/C=C/C=C/C(CCc2ccccc2)OC(=O)C2CCCCN2C(=O)C(O)(O)C1=O. The number of nitrogens with zero attached hydrogens (tertiary/aromatic N) is 1. The number of fused-ring (bicyclic) bond motifs is 1. The van der Waals surface area contributed by atoms with E-state index >= 15 is 0 Å². The van der Waals surface area contributed by atoms with Gasteiger partial charge in [0.15, 0.2) is 0 Å². The van der Waals surface area contributed by atoms with Crippen molar-refractivity contribution >= 4 is 23.4 Å². The minimum atomic E-state index is -3.28. The second-order valence-electron chi connectivity index (χ2n) is 12.1. The molecule has 9 heteroatoms. The summed E-state index contributed by atoms with van der Waals surface area (Å²) in [6.45, 7) is 5.15. The predicted molar refractivity (Wildman–Crippen MR) is 161 cm³/mol. The standard InChI is InChI=1S/C34H47NO8/c1-23-13-12-14-24(2)31(38)34(41,42)33(40)35-22-11-10-18-28(35)32(39)43-27(21-20-26-15-6-4-7-16-26)17-8-5-9-19-29(36)25(3)30(23)37/h4-9,15-17,23-25,27-28,30,37,41-42H,10-14,18-22H2,1-3H3/b9-5+,17-8+/t23?,24?,25-,27?,28?,30?/m1/s1. The lowest BCUT2D eigenvalue weighted by Crippen LogP contribution is -2.60. The Labute approximate surface area is 254 Å². The van der Waals surface area contributed by atoms with Gasteiger partial charge < -0.3 is 25.0 Å². The molecule has 0 spiro atoms. The molecule has 43 heavy (non-hydrogen) atoms. The topological polar surface area (TPSA) is 141 Å². The van der Waals surface area contributed by atoms with Crippen molar-refractivity contribution in [1.29, 1.82) is 0 Å². The number of hydrogen-bond acceptors (Lipinski definition) is 8. The van der Waals surface area contributed by atoms with E-state index in [4.69, 9.17) is 4.74 Å². The molecule has 1 aromatic carbocycles. The third-order valence-electron chi connectivity index (χ3n) is 8.74. The lowest BCUT2D eigenvalue weighted by molar-refractivity contribution is -0.205. The van der Waals surface area contributed by atoms with Gasteiger partial charge in [0.1, 0.15) is 17.9 Å². The Morgan fingerprint density at radius 1 is 0.930 bits per heavy atom. The first-order valence-electron chi connectivity index (χ1n) is 15.5. The molecule has 3 N–H and O–H groups in total. The molecule has 2 aliphatic heterocycles. The third kappa shape index (κ3) is 9.42. The number of aliphatic hydroxyl groups is 3. The van der Waals surface area contributed by atoms with Crippen LogP contribution in [0.4, 0.5) is 0 Å². The van der Waals surface area contributed by atoms with E-state index in [1.165, 1.54) is 6.92 Å². The Kier molecular flexibility index (Phi) is 12.8. The predicted octanol–water partition coefficient (Wildman–Crippen LogP) is 3.69. The smallest absolute Gasteiger partial charge is 0.329 e. The maximum atomic E-state index is 13.4. The van der Waals surface area contributed by atoms with Crippen LogP contribution in [0.2, 0.25) is 0 Å². The van der Waals surface area contributed by atoms with Gasteiger partial charge in [0.05, 0.1) is 6.10 Å². The highest BCUT2D eigenvalue weighted by atomic mass is 16.5. The van der Waals surface area contributed by atoms with Crippen LogP contribution in [0.1, 0.15) is 77.7 Å². The van der Waals surface area contributed by atoms with E-state index in [2.05, 4.69) is 0 Å². The monoisotopic (exact) mass is 597 g/mol. The number of hydrogen-bond donors (Lipinski definition) is 3. The summed E-state index contributed by atoms with van der Waals surface area (Å²) in [7, 11) is 0. The Morgan fingerprint density at radius 2 is 1.65 bits per heavy atom. The van der Waals surface area contributed by atoms with Crippen molar-refractivity contribution < 1.29 is 39.2 Å². The van der Waals surface area contributed by atoms with E-state index in [0.29, 0.717) is 38.5 Å². The average molecular weight is 598 g/mol. The molecule has 9 nitrogen and oxygen atoms in total. The molecule has 0 radical (unpaired) electrons. The highest BCUT2D eigenvalue weighted by molar-refractivity contribution is 6.08. The Morgan fingerprint density at radius 3 is 2.37 bits per heavy atom. The van der Waals surface area contributed by atoms with Gasteiger partial charge in [0.2, 0.25) is 5.78 Å². The first-order valence-corrected chi connectivity index (χ1v) is 15.5. The van der Waals surface area contributed by atoms with Gasteiger partial charge in [-0.1, -0.05) is 75.8 Å². The number of rotatable bonds is 3. The molecule has 5 unspecified atom stereocenters. The zero-order valence-electron chi connectivity index (χ0n) is 25.6. The highest BCUT2D eigenvalue weighted by Crippen LogP contribution is 2.27. The second-order valence-corrected chi connectivity index (χ2v) is 12.1. The van der Waals surface area contributed by atoms with E-state index in [1.807, 2.05) is 37.3 Å². The molecular formula is C34H47NO8. The van der Waals surface area contributed by atoms with Crippen LogP contribution in [0.5, 0.6) is 0 Å². The van der Waals surface area contributed by atoms with Crippen LogP contribution in [0.3, 0.4) is 0 Å². The van der Waals surface area contributed by atoms with Crippen molar-refractivity contribution in [2.45, 2.75) is 103 Å². The van der Waals surface area contributed by atoms with Gasteiger partial charge >= 0.3 is 11.8 Å². The minimum absolute atomic E-state index is 0.0952. The number of allylic oxidation sites excluding steroid dienone is 3. The molecule has 3 rings (SSSR count). The second kappa shape index (κ2) is 16.1. The summed E-state index contributed by atoms with van der Waals surface area (Å²) in [5, 5.41) is 32.3. The molecule has 0 bridgehead atoms. The lowest BCUT2D eigenvalue weighted by Gasteiger charge is -2.37. The van der Waals surface area contributed by atoms with Crippen LogP contribution in [-0.2, 0) is 30.3 Å². The van der Waals surface area contributed by atoms with Crippen molar-refractivity contribution in [3.8, 4) is 0 Å². The molecule has 0 aromatic heterocycles. The number of Topliss-reactive ketones (excluding diaryl/α,β-unsaturated/α-hetero) is 2. The molecule has 1 aromatic rings. The summed E-state index contributed by atoms with van der Waals surface area (Å²) in [5.41, 5.74) is 1.06. The first-order chi connectivity index (χ1) is 20.4. The van der Waals surface area contributed by atoms with E-state index in [0.717, 1.165) is 10.5 Å². The van der Waals surface area contributed by atoms with Crippen LogP contribution < -0.4 is 0 Å². The quantitative estimate of drug-likeness (QED) is 0.272. The van der Waals surface area contributed by atoms with Crippen molar-refractivity contribution in [3.05, 3.63) is 60.2 Å². The van der Waals surface area contributed by atoms with Gasteiger partial charge in [-0.15, -0.1) is 0 Å². The third-order valence-corrected chi connectivity index (χ3v) is 8.74. The summed E-state index contributed by atoms with van der Waals surface area (Å²) < 4.78 is 5.87. The molecule has 1 fully saturated rings. The lowest BCUT2D eigenvalue weighted by atomic mass is 9.85. The maximum Gasteiger partial charge on any atom is 0.329 e. The van der Waals surface area contributed by atoms with E-state index < -0.39 is 53.5 Å². The van der Waals surface area contributed by atoms with Gasteiger partial charge in [-0.2, -0.15) is 0 Å². The van der Waals surface area contributed by atoms with Gasteiger partial charge in [-0.25, -0.2) is 4.79 Å². The van der Waals surface area contributed by atoms with Crippen LogP contribution in [0, 0.1) is 17.8 Å². The molecule has 2 aliphatic rings. The molecular weight excluding hydrogens is 550 g/mol. The molecule has 1 saturated heterocycles. The van der Waals surface area contributed by atoms with Gasteiger partial charge in [0, 0.05) is 24.8 Å². The summed E-state index contributed by atoms with van der Waals surface area (Å²) in [5.74, 6) is -7.98. The molecule has 0 aliphatic carbocycles. The number of ketones is 2.